The Morgan fingerprint density at radius 2 is 2.40 bits per heavy atom. The predicted octanol–water partition coefficient (Wildman–Crippen LogP) is 0.575. The van der Waals surface area contributed by atoms with E-state index in [2.05, 4.69) is 5.32 Å². The molecule has 1 heterocycles. The summed E-state index contributed by atoms with van der Waals surface area (Å²) in [5.74, 6) is -0.00421. The van der Waals surface area contributed by atoms with Gasteiger partial charge in [-0.25, -0.2) is 0 Å². The number of nitrogens with one attached hydrogen (secondary N) is 1. The van der Waals surface area contributed by atoms with Gasteiger partial charge in [0, 0.05) is 13.1 Å². The minimum atomic E-state index is -0.288. The summed E-state index contributed by atoms with van der Waals surface area (Å²) in [6.45, 7) is 3.15. The highest BCUT2D eigenvalue weighted by molar-refractivity contribution is 5.80. The van der Waals surface area contributed by atoms with Crippen LogP contribution in [0.4, 0.5) is 0 Å². The summed E-state index contributed by atoms with van der Waals surface area (Å²) in [6, 6.07) is 0. The average molecular weight is 212 g/mol. The molecule has 0 radical (unpaired) electrons. The molecule has 1 aliphatic heterocycles. The third-order valence-electron chi connectivity index (χ3n) is 2.51. The Hall–Kier alpha value is -0.870. The number of ether oxygens (including phenoxy) is 1. The van der Waals surface area contributed by atoms with Crippen LogP contribution < -0.4 is 11.1 Å². The van der Waals surface area contributed by atoms with Gasteiger partial charge in [-0.2, -0.15) is 0 Å². The fourth-order valence-corrected chi connectivity index (χ4v) is 1.63. The van der Waals surface area contributed by atoms with Crippen molar-refractivity contribution < 1.29 is 9.53 Å². The number of allylic oxidation sites excluding steroid dienone is 1. The minimum Gasteiger partial charge on any atom is -0.364 e. The van der Waals surface area contributed by atoms with Gasteiger partial charge in [0.1, 0.15) is 6.10 Å². The van der Waals surface area contributed by atoms with Crippen molar-refractivity contribution >= 4 is 5.91 Å². The summed E-state index contributed by atoms with van der Waals surface area (Å²) in [5, 5.41) is 2.85. The van der Waals surface area contributed by atoms with Crippen LogP contribution in [0.25, 0.3) is 0 Å². The van der Waals surface area contributed by atoms with E-state index in [-0.39, 0.29) is 18.1 Å². The summed E-state index contributed by atoms with van der Waals surface area (Å²) in [7, 11) is 0. The molecular weight excluding hydrogens is 192 g/mol. The molecule has 0 aromatic heterocycles. The summed E-state index contributed by atoms with van der Waals surface area (Å²) in [4.78, 5) is 11.6. The van der Waals surface area contributed by atoms with Gasteiger partial charge < -0.3 is 15.8 Å². The van der Waals surface area contributed by atoms with E-state index in [0.717, 1.165) is 19.3 Å². The number of rotatable bonds is 5. The first kappa shape index (κ1) is 12.2. The fraction of sp³-hybridized carbons (Fsp3) is 0.727. The van der Waals surface area contributed by atoms with Crippen molar-refractivity contribution in [1.82, 2.24) is 5.32 Å². The van der Waals surface area contributed by atoms with Crippen LogP contribution in [0, 0.1) is 0 Å². The normalized spacial score (nSPS) is 26.0. The van der Waals surface area contributed by atoms with E-state index in [9.17, 15) is 4.79 Å². The summed E-state index contributed by atoms with van der Waals surface area (Å²) in [5.41, 5.74) is 5.47. The van der Waals surface area contributed by atoms with Crippen LogP contribution in [0.3, 0.4) is 0 Å². The molecule has 0 saturated carbocycles. The van der Waals surface area contributed by atoms with Crippen molar-refractivity contribution in [3.63, 3.8) is 0 Å². The lowest BCUT2D eigenvalue weighted by Crippen LogP contribution is -2.35. The van der Waals surface area contributed by atoms with Crippen LogP contribution in [-0.4, -0.2) is 31.2 Å². The quantitative estimate of drug-likeness (QED) is 0.517. The lowest BCUT2D eigenvalue weighted by molar-refractivity contribution is -0.131. The van der Waals surface area contributed by atoms with E-state index in [1.165, 1.54) is 0 Å². The summed E-state index contributed by atoms with van der Waals surface area (Å²) < 4.78 is 5.47. The van der Waals surface area contributed by atoms with Gasteiger partial charge in [0.05, 0.1) is 6.10 Å². The Bertz CT molecular complexity index is 229. The zero-order valence-electron chi connectivity index (χ0n) is 9.24. The first-order valence-corrected chi connectivity index (χ1v) is 5.52. The highest BCUT2D eigenvalue weighted by Gasteiger charge is 2.29. The maximum atomic E-state index is 11.6. The van der Waals surface area contributed by atoms with Crippen molar-refractivity contribution in [2.24, 2.45) is 5.73 Å². The molecule has 0 aromatic carbocycles. The Morgan fingerprint density at radius 1 is 1.60 bits per heavy atom. The number of carbonyl (C=O) groups is 1. The SMILES string of the molecule is C/C=C/CCNC(=O)C1CCC(CN)O1. The molecule has 15 heavy (non-hydrogen) atoms. The third kappa shape index (κ3) is 4.01. The molecule has 4 nitrogen and oxygen atoms in total. The number of hydrogen-bond donors (Lipinski definition) is 2. The number of amides is 1. The van der Waals surface area contributed by atoms with Gasteiger partial charge in [-0.05, 0) is 26.2 Å². The molecule has 2 unspecified atom stereocenters. The van der Waals surface area contributed by atoms with E-state index < -0.39 is 0 Å². The maximum Gasteiger partial charge on any atom is 0.249 e. The van der Waals surface area contributed by atoms with E-state index in [1.807, 2.05) is 19.1 Å². The van der Waals surface area contributed by atoms with Gasteiger partial charge in [0.15, 0.2) is 0 Å². The lowest BCUT2D eigenvalue weighted by atomic mass is 10.2. The molecule has 4 heteroatoms. The molecule has 0 aromatic rings. The van der Waals surface area contributed by atoms with Gasteiger partial charge in [-0.3, -0.25) is 4.79 Å². The van der Waals surface area contributed by atoms with Crippen molar-refractivity contribution in [3.8, 4) is 0 Å². The standard InChI is InChI=1S/C11H20N2O2/c1-2-3-4-7-13-11(14)10-6-5-9(8-12)15-10/h2-3,9-10H,4-8,12H2,1H3,(H,13,14)/b3-2+. The van der Waals surface area contributed by atoms with E-state index in [4.69, 9.17) is 10.5 Å². The topological polar surface area (TPSA) is 64.4 Å². The molecule has 0 bridgehead atoms. The molecule has 1 saturated heterocycles. The molecular formula is C11H20N2O2. The molecule has 1 fully saturated rings. The van der Waals surface area contributed by atoms with Crippen LogP contribution in [0.1, 0.15) is 26.2 Å². The van der Waals surface area contributed by atoms with Gasteiger partial charge in [-0.1, -0.05) is 12.2 Å². The second-order valence-electron chi connectivity index (χ2n) is 3.71. The Labute approximate surface area is 90.9 Å². The van der Waals surface area contributed by atoms with Gasteiger partial charge in [0.25, 0.3) is 0 Å². The largest absolute Gasteiger partial charge is 0.364 e. The second-order valence-corrected chi connectivity index (χ2v) is 3.71. The second kappa shape index (κ2) is 6.58. The molecule has 1 aliphatic rings. The minimum absolute atomic E-state index is 0.00421. The predicted molar refractivity (Wildman–Crippen MR) is 59.4 cm³/mol. The molecule has 3 N–H and O–H groups in total. The van der Waals surface area contributed by atoms with Gasteiger partial charge in [0.2, 0.25) is 5.91 Å². The zero-order chi connectivity index (χ0) is 11.1. The fourth-order valence-electron chi connectivity index (χ4n) is 1.63. The Kier molecular flexibility index (Phi) is 5.36. The molecule has 86 valence electrons. The zero-order valence-corrected chi connectivity index (χ0v) is 9.24. The third-order valence-corrected chi connectivity index (χ3v) is 2.51. The first-order chi connectivity index (χ1) is 7.27. The van der Waals surface area contributed by atoms with Crippen molar-refractivity contribution in [3.05, 3.63) is 12.2 Å². The smallest absolute Gasteiger partial charge is 0.249 e. The van der Waals surface area contributed by atoms with Crippen LogP contribution >= 0.6 is 0 Å². The van der Waals surface area contributed by atoms with E-state index >= 15 is 0 Å². The van der Waals surface area contributed by atoms with E-state index in [0.29, 0.717) is 13.1 Å². The van der Waals surface area contributed by atoms with Crippen molar-refractivity contribution in [1.29, 1.82) is 0 Å². The van der Waals surface area contributed by atoms with Crippen LogP contribution in [0.5, 0.6) is 0 Å². The van der Waals surface area contributed by atoms with Crippen molar-refractivity contribution in [2.75, 3.05) is 13.1 Å². The average Bonchev–Trinajstić information content (AvgIpc) is 2.72. The molecule has 0 spiro atoms. The van der Waals surface area contributed by atoms with Crippen molar-refractivity contribution in [2.45, 2.75) is 38.4 Å². The van der Waals surface area contributed by atoms with Gasteiger partial charge in [-0.15, -0.1) is 0 Å². The maximum absolute atomic E-state index is 11.6. The van der Waals surface area contributed by atoms with Crippen LogP contribution in [-0.2, 0) is 9.53 Å². The highest BCUT2D eigenvalue weighted by atomic mass is 16.5. The number of nitrogens with two attached hydrogens (primary N) is 1. The molecule has 1 amide bonds. The Balaban J connectivity index is 2.17. The summed E-state index contributed by atoms with van der Waals surface area (Å²) in [6.07, 6.45) is 6.33. The molecule has 1 rings (SSSR count). The molecule has 0 aliphatic carbocycles. The Morgan fingerprint density at radius 3 is 3.00 bits per heavy atom. The lowest BCUT2D eigenvalue weighted by Gasteiger charge is -2.11. The first-order valence-electron chi connectivity index (χ1n) is 5.52. The summed E-state index contributed by atoms with van der Waals surface area (Å²) >= 11 is 0. The van der Waals surface area contributed by atoms with Gasteiger partial charge >= 0.3 is 0 Å². The monoisotopic (exact) mass is 212 g/mol. The highest BCUT2D eigenvalue weighted by Crippen LogP contribution is 2.18. The van der Waals surface area contributed by atoms with Crippen LogP contribution in [0.15, 0.2) is 12.2 Å². The molecule has 2 atom stereocenters. The van der Waals surface area contributed by atoms with E-state index in [1.54, 1.807) is 0 Å². The number of hydrogen-bond acceptors (Lipinski definition) is 3. The number of carbonyl (C=O) groups excluding carboxylic acids is 1. The van der Waals surface area contributed by atoms with Crippen LogP contribution in [0.2, 0.25) is 0 Å².